The first-order valence-electron chi connectivity index (χ1n) is 8.92. The van der Waals surface area contributed by atoms with Crippen LogP contribution >= 0.6 is 0 Å². The van der Waals surface area contributed by atoms with Crippen LogP contribution in [0.15, 0.2) is 4.52 Å². The minimum atomic E-state index is -0.928. The normalized spacial score (nSPS) is 17.7. The van der Waals surface area contributed by atoms with Gasteiger partial charge in [0.25, 0.3) is 0 Å². The summed E-state index contributed by atoms with van der Waals surface area (Å²) in [4.78, 5) is 29.7. The molecule has 1 aromatic rings. The molecule has 26 heavy (non-hydrogen) atoms. The number of hydrogen-bond acceptors (Lipinski definition) is 7. The Bertz CT molecular complexity index is 629. The molecule has 0 spiro atoms. The van der Waals surface area contributed by atoms with Gasteiger partial charge in [0.2, 0.25) is 5.89 Å². The van der Waals surface area contributed by atoms with E-state index in [0.29, 0.717) is 18.7 Å². The van der Waals surface area contributed by atoms with E-state index in [0.717, 1.165) is 19.6 Å². The number of hydrogen-bond donors (Lipinski definition) is 2. The number of aryl methyl sites for hydroxylation is 1. The van der Waals surface area contributed by atoms with Crippen LogP contribution < -0.4 is 5.32 Å². The van der Waals surface area contributed by atoms with E-state index in [1.807, 2.05) is 0 Å². The molecule has 1 saturated heterocycles. The van der Waals surface area contributed by atoms with Crippen LogP contribution in [0.25, 0.3) is 0 Å². The van der Waals surface area contributed by atoms with Crippen LogP contribution in [-0.2, 0) is 21.5 Å². The maximum absolute atomic E-state index is 12.4. The van der Waals surface area contributed by atoms with Gasteiger partial charge < -0.3 is 24.6 Å². The number of likely N-dealkylation sites (tertiary alicyclic amines) is 1. The molecule has 0 aromatic carbocycles. The summed E-state index contributed by atoms with van der Waals surface area (Å²) in [6, 6.07) is 0. The highest BCUT2D eigenvalue weighted by Gasteiger charge is 2.42. The number of nitrogens with one attached hydrogen (secondary N) is 1. The van der Waals surface area contributed by atoms with Gasteiger partial charge in [-0.05, 0) is 40.2 Å². The predicted molar refractivity (Wildman–Crippen MR) is 92.7 cm³/mol. The average Bonchev–Trinajstić information content (AvgIpc) is 3.01. The molecule has 1 aromatic heterocycles. The van der Waals surface area contributed by atoms with Crippen molar-refractivity contribution >= 4 is 12.1 Å². The van der Waals surface area contributed by atoms with Crippen molar-refractivity contribution in [1.29, 1.82) is 0 Å². The largest absolute Gasteiger partial charge is 0.481 e. The third kappa shape index (κ3) is 5.42. The Hall–Kier alpha value is -2.16. The van der Waals surface area contributed by atoms with Gasteiger partial charge >= 0.3 is 12.1 Å². The number of piperidine rings is 1. The van der Waals surface area contributed by atoms with Crippen molar-refractivity contribution in [3.05, 3.63) is 11.7 Å². The van der Waals surface area contributed by atoms with E-state index in [2.05, 4.69) is 27.3 Å². The van der Waals surface area contributed by atoms with Crippen molar-refractivity contribution in [3.63, 3.8) is 0 Å². The van der Waals surface area contributed by atoms with E-state index in [1.54, 1.807) is 20.8 Å². The molecule has 9 nitrogen and oxygen atoms in total. The van der Waals surface area contributed by atoms with Crippen molar-refractivity contribution < 1.29 is 24.0 Å². The van der Waals surface area contributed by atoms with E-state index in [-0.39, 0.29) is 18.7 Å². The van der Waals surface area contributed by atoms with E-state index >= 15 is 0 Å². The lowest BCUT2D eigenvalue weighted by Gasteiger charge is -2.40. The fraction of sp³-hybridized carbons (Fsp3) is 0.765. The van der Waals surface area contributed by atoms with Crippen LogP contribution in [0.2, 0.25) is 0 Å². The minimum Gasteiger partial charge on any atom is -0.481 e. The number of carboxylic acid groups (broad SMARTS) is 1. The molecule has 0 unspecified atom stereocenters. The Morgan fingerprint density at radius 2 is 2.00 bits per heavy atom. The van der Waals surface area contributed by atoms with Gasteiger partial charge in [0, 0.05) is 19.5 Å². The number of alkyl carbamates (subject to hydrolysis) is 1. The third-order valence-corrected chi connectivity index (χ3v) is 4.35. The second-order valence-electron chi connectivity index (χ2n) is 7.55. The third-order valence-electron chi connectivity index (χ3n) is 4.35. The number of carbonyl (C=O) groups excluding carboxylic acids is 1. The maximum atomic E-state index is 12.4. The summed E-state index contributed by atoms with van der Waals surface area (Å²) in [5.74, 6) is -0.298. The molecule has 0 saturated carbocycles. The van der Waals surface area contributed by atoms with Gasteiger partial charge in [-0.25, -0.2) is 4.79 Å². The number of amides is 1. The molecule has 1 amide bonds. The van der Waals surface area contributed by atoms with E-state index < -0.39 is 23.2 Å². The lowest BCUT2D eigenvalue weighted by atomic mass is 9.86. The van der Waals surface area contributed by atoms with Crippen LogP contribution in [0, 0.1) is 0 Å². The fourth-order valence-corrected chi connectivity index (χ4v) is 2.92. The molecular weight excluding hydrogens is 340 g/mol. The van der Waals surface area contributed by atoms with Gasteiger partial charge in [0.05, 0.1) is 6.42 Å². The molecule has 0 atom stereocenters. The molecule has 1 aliphatic heterocycles. The number of aromatic nitrogens is 2. The number of rotatable bonds is 6. The van der Waals surface area contributed by atoms with E-state index in [9.17, 15) is 9.59 Å². The molecule has 0 radical (unpaired) electrons. The summed E-state index contributed by atoms with van der Waals surface area (Å²) in [6.45, 7) is 9.99. The lowest BCUT2D eigenvalue weighted by Crippen LogP contribution is -2.54. The maximum Gasteiger partial charge on any atom is 0.408 e. The molecule has 2 rings (SSSR count). The van der Waals surface area contributed by atoms with Crippen LogP contribution in [0.1, 0.15) is 58.7 Å². The molecular formula is C17H28N4O5. The highest BCUT2D eigenvalue weighted by Crippen LogP contribution is 2.32. The number of carbonyl (C=O) groups is 2. The lowest BCUT2D eigenvalue weighted by molar-refractivity contribution is -0.137. The van der Waals surface area contributed by atoms with Crippen LogP contribution in [0.5, 0.6) is 0 Å². The molecule has 2 N–H and O–H groups in total. The van der Waals surface area contributed by atoms with Crippen molar-refractivity contribution in [2.45, 2.75) is 64.5 Å². The zero-order valence-electron chi connectivity index (χ0n) is 15.9. The SMILES string of the molecule is CCN1CCC(NC(=O)OC(C)(C)C)(c2noc(CCC(=O)O)n2)CC1. The topological polar surface area (TPSA) is 118 Å². The molecule has 0 bridgehead atoms. The highest BCUT2D eigenvalue weighted by molar-refractivity contribution is 5.69. The number of nitrogens with zero attached hydrogens (tertiary/aromatic N) is 3. The Morgan fingerprint density at radius 1 is 1.35 bits per heavy atom. The van der Waals surface area contributed by atoms with Gasteiger partial charge in [0.1, 0.15) is 11.1 Å². The highest BCUT2D eigenvalue weighted by atomic mass is 16.6. The number of aliphatic carboxylic acids is 1. The van der Waals surface area contributed by atoms with Gasteiger partial charge in [-0.15, -0.1) is 0 Å². The zero-order chi connectivity index (χ0) is 19.4. The summed E-state index contributed by atoms with van der Waals surface area (Å²) in [7, 11) is 0. The van der Waals surface area contributed by atoms with Crippen molar-refractivity contribution in [2.75, 3.05) is 19.6 Å². The molecule has 2 heterocycles. The zero-order valence-corrected chi connectivity index (χ0v) is 15.9. The molecule has 1 aliphatic rings. The quantitative estimate of drug-likeness (QED) is 0.782. The van der Waals surface area contributed by atoms with Gasteiger partial charge in [-0.2, -0.15) is 4.98 Å². The van der Waals surface area contributed by atoms with E-state index in [4.69, 9.17) is 14.4 Å². The summed E-state index contributed by atoms with van der Waals surface area (Å²) >= 11 is 0. The van der Waals surface area contributed by atoms with Crippen LogP contribution in [0.3, 0.4) is 0 Å². The first-order valence-corrected chi connectivity index (χ1v) is 8.92. The standard InChI is InChI=1S/C17H28N4O5/c1-5-21-10-8-17(9-11-21,19-15(24)25-16(2,3)4)14-18-12(26-20-14)6-7-13(22)23/h5-11H2,1-4H3,(H,19,24)(H,22,23). The van der Waals surface area contributed by atoms with Crippen molar-refractivity contribution in [2.24, 2.45) is 0 Å². The molecule has 0 aliphatic carbocycles. The van der Waals surface area contributed by atoms with Crippen LogP contribution in [0.4, 0.5) is 4.79 Å². The number of carboxylic acids is 1. The summed E-state index contributed by atoms with van der Waals surface area (Å²) in [5, 5.41) is 15.8. The Labute approximate surface area is 153 Å². The second kappa shape index (κ2) is 8.03. The molecule has 9 heteroatoms. The molecule has 1 fully saturated rings. The second-order valence-corrected chi connectivity index (χ2v) is 7.55. The number of ether oxygens (including phenoxy) is 1. The Balaban J connectivity index is 2.18. The summed E-state index contributed by atoms with van der Waals surface area (Å²) < 4.78 is 10.6. The first kappa shape index (κ1) is 20.2. The predicted octanol–water partition coefficient (Wildman–Crippen LogP) is 1.92. The summed E-state index contributed by atoms with van der Waals surface area (Å²) in [6.07, 6.45) is 0.791. The van der Waals surface area contributed by atoms with Gasteiger partial charge in [-0.1, -0.05) is 12.1 Å². The van der Waals surface area contributed by atoms with Gasteiger partial charge in [0.15, 0.2) is 5.82 Å². The first-order chi connectivity index (χ1) is 12.1. The van der Waals surface area contributed by atoms with Crippen LogP contribution in [-0.4, -0.2) is 57.4 Å². The van der Waals surface area contributed by atoms with Crippen molar-refractivity contribution in [3.8, 4) is 0 Å². The average molecular weight is 368 g/mol. The Morgan fingerprint density at radius 3 is 2.54 bits per heavy atom. The van der Waals surface area contributed by atoms with Crippen molar-refractivity contribution in [1.82, 2.24) is 20.4 Å². The minimum absolute atomic E-state index is 0.0856. The van der Waals surface area contributed by atoms with Gasteiger partial charge in [-0.3, -0.25) is 4.79 Å². The Kier molecular flexibility index (Phi) is 6.22. The fourth-order valence-electron chi connectivity index (χ4n) is 2.92. The molecule has 146 valence electrons. The van der Waals surface area contributed by atoms with E-state index in [1.165, 1.54) is 0 Å². The smallest absolute Gasteiger partial charge is 0.408 e. The monoisotopic (exact) mass is 368 g/mol. The summed E-state index contributed by atoms with van der Waals surface area (Å²) in [5.41, 5.74) is -1.39.